The molecule has 0 atom stereocenters. The summed E-state index contributed by atoms with van der Waals surface area (Å²) in [4.78, 5) is 21.9. The van der Waals surface area contributed by atoms with Crippen LogP contribution in [0.2, 0.25) is 0 Å². The minimum absolute atomic E-state index is 0.169. The number of furan rings is 1. The first-order valence-corrected chi connectivity index (χ1v) is 5.92. The summed E-state index contributed by atoms with van der Waals surface area (Å²) in [7, 11) is 0. The third-order valence-electron chi connectivity index (χ3n) is 2.70. The monoisotopic (exact) mass is 274 g/mol. The molecule has 1 heterocycles. The van der Waals surface area contributed by atoms with Crippen molar-refractivity contribution in [3.63, 3.8) is 0 Å². The fourth-order valence-corrected chi connectivity index (χ4v) is 1.71. The van der Waals surface area contributed by atoms with Gasteiger partial charge in [0.1, 0.15) is 24.4 Å². The predicted octanol–water partition coefficient (Wildman–Crippen LogP) is 1.58. The van der Waals surface area contributed by atoms with Crippen molar-refractivity contribution in [1.29, 1.82) is 0 Å². The van der Waals surface area contributed by atoms with Crippen molar-refractivity contribution in [2.75, 3.05) is 0 Å². The van der Waals surface area contributed by atoms with E-state index in [4.69, 9.17) is 15.0 Å². The second-order valence-electron chi connectivity index (χ2n) is 4.17. The van der Waals surface area contributed by atoms with Crippen LogP contribution in [0.5, 0.6) is 5.75 Å². The molecular weight excluding hydrogens is 260 g/mol. The summed E-state index contributed by atoms with van der Waals surface area (Å²) in [6.45, 7) is 1.93. The number of carbonyl (C=O) groups excluding carboxylic acids is 2. The highest BCUT2D eigenvalue weighted by Crippen LogP contribution is 2.18. The van der Waals surface area contributed by atoms with Gasteiger partial charge in [-0.05, 0) is 37.3 Å². The minimum Gasteiger partial charge on any atom is -0.486 e. The number of hydrogen-bond donors (Lipinski definition) is 2. The normalized spacial score (nSPS) is 10.1. The molecule has 2 aromatic rings. The number of benzene rings is 1. The van der Waals surface area contributed by atoms with Crippen LogP contribution in [0.25, 0.3) is 0 Å². The van der Waals surface area contributed by atoms with E-state index in [0.29, 0.717) is 22.6 Å². The zero-order chi connectivity index (χ0) is 14.5. The third-order valence-corrected chi connectivity index (χ3v) is 2.70. The lowest BCUT2D eigenvalue weighted by Gasteiger charge is -2.03. The zero-order valence-corrected chi connectivity index (χ0v) is 10.9. The Morgan fingerprint density at radius 3 is 2.70 bits per heavy atom. The van der Waals surface area contributed by atoms with E-state index in [9.17, 15) is 9.59 Å². The highest BCUT2D eigenvalue weighted by Gasteiger charge is 2.14. The Morgan fingerprint density at radius 2 is 2.10 bits per heavy atom. The highest BCUT2D eigenvalue weighted by atomic mass is 16.5. The van der Waals surface area contributed by atoms with Crippen molar-refractivity contribution in [3.05, 3.63) is 53.0 Å². The summed E-state index contributed by atoms with van der Waals surface area (Å²) in [5, 5.41) is 0. The van der Waals surface area contributed by atoms with Gasteiger partial charge in [-0.25, -0.2) is 5.84 Å². The summed E-state index contributed by atoms with van der Waals surface area (Å²) in [6.07, 6.45) is 0.761. The number of aldehydes is 1. The molecule has 0 unspecified atom stereocenters. The number of hydrazine groups is 1. The van der Waals surface area contributed by atoms with Gasteiger partial charge in [0.2, 0.25) is 0 Å². The smallest absolute Gasteiger partial charge is 0.301 e. The van der Waals surface area contributed by atoms with Crippen LogP contribution in [0.1, 0.15) is 32.2 Å². The van der Waals surface area contributed by atoms with Crippen LogP contribution < -0.4 is 16.0 Å². The lowest BCUT2D eigenvalue weighted by molar-refractivity contribution is 0.0920. The third kappa shape index (κ3) is 3.04. The Labute approximate surface area is 115 Å². The van der Waals surface area contributed by atoms with E-state index in [1.54, 1.807) is 37.3 Å². The quantitative estimate of drug-likeness (QED) is 0.373. The molecule has 6 heteroatoms. The number of carbonyl (C=O) groups is 2. The Morgan fingerprint density at radius 1 is 1.40 bits per heavy atom. The summed E-state index contributed by atoms with van der Waals surface area (Å²) < 4.78 is 10.9. The van der Waals surface area contributed by atoms with Crippen LogP contribution in [0, 0.1) is 6.92 Å². The number of nitrogens with two attached hydrogens (primary N) is 1. The topological polar surface area (TPSA) is 94.6 Å². The maximum atomic E-state index is 11.4. The lowest BCUT2D eigenvalue weighted by atomic mass is 10.2. The number of hydrogen-bond acceptors (Lipinski definition) is 5. The second kappa shape index (κ2) is 6.03. The summed E-state index contributed by atoms with van der Waals surface area (Å²) >= 11 is 0. The van der Waals surface area contributed by atoms with E-state index in [0.717, 1.165) is 6.29 Å². The maximum Gasteiger partial charge on any atom is 0.301 e. The van der Waals surface area contributed by atoms with E-state index in [1.165, 1.54) is 0 Å². The highest BCUT2D eigenvalue weighted by molar-refractivity contribution is 5.92. The van der Waals surface area contributed by atoms with Crippen molar-refractivity contribution in [2.45, 2.75) is 13.5 Å². The first kappa shape index (κ1) is 13.8. The van der Waals surface area contributed by atoms with Crippen LogP contribution in [-0.4, -0.2) is 12.2 Å². The van der Waals surface area contributed by atoms with Crippen molar-refractivity contribution < 1.29 is 18.7 Å². The molecule has 104 valence electrons. The molecule has 0 fully saturated rings. The summed E-state index contributed by atoms with van der Waals surface area (Å²) in [6, 6.07) is 8.40. The second-order valence-corrected chi connectivity index (χ2v) is 4.17. The van der Waals surface area contributed by atoms with Crippen LogP contribution in [0.4, 0.5) is 0 Å². The molecule has 0 aliphatic heterocycles. The molecule has 3 N–H and O–H groups in total. The van der Waals surface area contributed by atoms with Crippen molar-refractivity contribution in [3.8, 4) is 5.75 Å². The van der Waals surface area contributed by atoms with Crippen LogP contribution in [0.3, 0.4) is 0 Å². The van der Waals surface area contributed by atoms with E-state index in [2.05, 4.69) is 0 Å². The first-order chi connectivity index (χ1) is 9.63. The number of nitrogens with one attached hydrogen (secondary N) is 1. The first-order valence-electron chi connectivity index (χ1n) is 5.92. The molecule has 0 aliphatic carbocycles. The predicted molar refractivity (Wildman–Crippen MR) is 71.3 cm³/mol. The van der Waals surface area contributed by atoms with Crippen LogP contribution >= 0.6 is 0 Å². The number of aryl methyl sites for hydroxylation is 1. The Kier molecular flexibility index (Phi) is 4.17. The molecule has 0 spiro atoms. The number of rotatable bonds is 5. The Balaban J connectivity index is 2.03. The van der Waals surface area contributed by atoms with Crippen LogP contribution in [0.15, 0.2) is 34.7 Å². The van der Waals surface area contributed by atoms with Crippen molar-refractivity contribution in [1.82, 2.24) is 5.43 Å². The van der Waals surface area contributed by atoms with E-state index < -0.39 is 5.91 Å². The number of amides is 1. The van der Waals surface area contributed by atoms with Gasteiger partial charge in [0, 0.05) is 11.1 Å². The van der Waals surface area contributed by atoms with Gasteiger partial charge in [0.15, 0.2) is 5.76 Å². The largest absolute Gasteiger partial charge is 0.486 e. The van der Waals surface area contributed by atoms with E-state index in [1.807, 2.05) is 5.43 Å². The maximum absolute atomic E-state index is 11.4. The van der Waals surface area contributed by atoms with Crippen molar-refractivity contribution in [2.24, 2.45) is 5.84 Å². The van der Waals surface area contributed by atoms with Crippen molar-refractivity contribution >= 4 is 12.2 Å². The van der Waals surface area contributed by atoms with Gasteiger partial charge < -0.3 is 9.15 Å². The Bertz CT molecular complexity index is 617. The van der Waals surface area contributed by atoms with Crippen LogP contribution in [-0.2, 0) is 6.61 Å². The van der Waals surface area contributed by atoms with E-state index >= 15 is 0 Å². The van der Waals surface area contributed by atoms with Gasteiger partial charge in [-0.1, -0.05) is 0 Å². The molecule has 1 aromatic carbocycles. The summed E-state index contributed by atoms with van der Waals surface area (Å²) in [5.74, 6) is 5.86. The zero-order valence-electron chi connectivity index (χ0n) is 10.9. The fourth-order valence-electron chi connectivity index (χ4n) is 1.71. The van der Waals surface area contributed by atoms with Gasteiger partial charge in [-0.2, -0.15) is 0 Å². The Hall–Kier alpha value is -2.60. The molecular formula is C14H14N2O4. The molecule has 2 rings (SSSR count). The van der Waals surface area contributed by atoms with E-state index in [-0.39, 0.29) is 12.4 Å². The van der Waals surface area contributed by atoms with Gasteiger partial charge in [-0.3, -0.25) is 15.0 Å². The average molecular weight is 274 g/mol. The SMILES string of the molecule is Cc1cc(COc2ccc(C=O)cc2)oc1C(=O)NN. The fraction of sp³-hybridized carbons (Fsp3) is 0.143. The molecule has 0 saturated carbocycles. The minimum atomic E-state index is -0.482. The van der Waals surface area contributed by atoms with Gasteiger partial charge >= 0.3 is 5.91 Å². The molecule has 1 amide bonds. The van der Waals surface area contributed by atoms with Gasteiger partial charge in [0.05, 0.1) is 0 Å². The van der Waals surface area contributed by atoms with Gasteiger partial charge in [0.25, 0.3) is 0 Å². The standard InChI is InChI=1S/C14H14N2O4/c1-9-6-12(20-13(9)14(18)16-15)8-19-11-4-2-10(7-17)3-5-11/h2-7H,8,15H2,1H3,(H,16,18). The average Bonchev–Trinajstić information content (AvgIpc) is 2.86. The molecule has 20 heavy (non-hydrogen) atoms. The van der Waals surface area contributed by atoms with Gasteiger partial charge in [-0.15, -0.1) is 0 Å². The number of ether oxygens (including phenoxy) is 1. The molecule has 0 bridgehead atoms. The molecule has 0 aliphatic rings. The lowest BCUT2D eigenvalue weighted by Crippen LogP contribution is -2.30. The molecule has 1 aromatic heterocycles. The summed E-state index contributed by atoms with van der Waals surface area (Å²) in [5.41, 5.74) is 3.28. The molecule has 6 nitrogen and oxygen atoms in total. The molecule has 0 radical (unpaired) electrons. The molecule has 0 saturated heterocycles. The number of nitrogen functional groups attached to an aromatic ring is 1.